The number of nitrogens with one attached hydrogen (secondary N) is 2. The minimum atomic E-state index is -1.34. The summed E-state index contributed by atoms with van der Waals surface area (Å²) in [6.45, 7) is 3.56. The maximum Gasteiger partial charge on any atom is 0.348 e. The molecule has 5 rings (SSSR count). The van der Waals surface area contributed by atoms with Gasteiger partial charge in [0, 0.05) is 4.75 Å². The molecule has 1 aromatic heterocycles. The van der Waals surface area contributed by atoms with Gasteiger partial charge in [-0.3, -0.25) is 9.59 Å². The summed E-state index contributed by atoms with van der Waals surface area (Å²) in [5.41, 5.74) is 0.287. The zero-order valence-corrected chi connectivity index (χ0v) is 22.2. The fourth-order valence-electron chi connectivity index (χ4n) is 4.86. The topological polar surface area (TPSA) is 185 Å². The Kier molecular flexibility index (Phi) is 6.91. The first-order valence-corrected chi connectivity index (χ1v) is 13.1. The van der Waals surface area contributed by atoms with Gasteiger partial charge in [0.25, 0.3) is 0 Å². The number of amides is 6. The van der Waals surface area contributed by atoms with Crippen LogP contribution in [-0.2, 0) is 14.4 Å². The summed E-state index contributed by atoms with van der Waals surface area (Å²) < 4.78 is 4.37. The zero-order chi connectivity index (χ0) is 28.8. The first kappa shape index (κ1) is 27.1. The van der Waals surface area contributed by atoms with Gasteiger partial charge >= 0.3 is 18.0 Å². The number of furan rings is 1. The molecule has 3 aliphatic rings. The minimum Gasteiger partial charge on any atom is -0.508 e. The summed E-state index contributed by atoms with van der Waals surface area (Å²) in [5.74, 6) is -2.07. The van der Waals surface area contributed by atoms with Gasteiger partial charge in [-0.2, -0.15) is 5.10 Å². The molecule has 40 heavy (non-hydrogen) atoms. The van der Waals surface area contributed by atoms with E-state index in [9.17, 15) is 34.2 Å². The SMILES string of the molecule is CC1(C)S[C@@H]2[C@H](NC(=O)[C@H](NC(=O)N3CCN(N=Cc4ccco4)C3=O)c3ccc(O)cc3)C(=O)N2[C@H]1C(=O)O. The van der Waals surface area contributed by atoms with Crippen LogP contribution in [0, 0.1) is 0 Å². The van der Waals surface area contributed by atoms with E-state index in [0.717, 1.165) is 9.91 Å². The largest absolute Gasteiger partial charge is 0.508 e. The van der Waals surface area contributed by atoms with E-state index in [-0.39, 0.29) is 24.4 Å². The van der Waals surface area contributed by atoms with Crippen LogP contribution >= 0.6 is 11.8 Å². The number of aliphatic carboxylic acids is 1. The van der Waals surface area contributed by atoms with Gasteiger partial charge in [0.15, 0.2) is 0 Å². The number of phenolic OH excluding ortho intramolecular Hbond substituents is 1. The van der Waals surface area contributed by atoms with Gasteiger partial charge in [-0.1, -0.05) is 12.1 Å². The lowest BCUT2D eigenvalue weighted by Gasteiger charge is -2.44. The molecule has 15 heteroatoms. The number of hydrogen-bond donors (Lipinski definition) is 4. The van der Waals surface area contributed by atoms with E-state index >= 15 is 0 Å². The maximum atomic E-state index is 13.4. The summed E-state index contributed by atoms with van der Waals surface area (Å²) >= 11 is 1.27. The highest BCUT2D eigenvalue weighted by Crippen LogP contribution is 2.50. The first-order valence-electron chi connectivity index (χ1n) is 12.3. The number of carboxylic acids is 1. The summed E-state index contributed by atoms with van der Waals surface area (Å²) in [6.07, 6.45) is 2.79. The molecule has 14 nitrogen and oxygen atoms in total. The number of hydrazone groups is 1. The van der Waals surface area contributed by atoms with Crippen molar-refractivity contribution in [2.75, 3.05) is 13.1 Å². The lowest BCUT2D eigenvalue weighted by atomic mass is 9.95. The maximum absolute atomic E-state index is 13.4. The Labute approximate surface area is 232 Å². The Balaban J connectivity index is 1.30. The van der Waals surface area contributed by atoms with E-state index in [1.165, 1.54) is 53.4 Å². The average Bonchev–Trinajstić information content (AvgIpc) is 3.61. The van der Waals surface area contributed by atoms with Crippen molar-refractivity contribution in [1.82, 2.24) is 25.4 Å². The number of urea groups is 2. The molecular weight excluding hydrogens is 544 g/mol. The number of carbonyl (C=O) groups is 5. The number of aromatic hydroxyl groups is 1. The van der Waals surface area contributed by atoms with E-state index in [4.69, 9.17) is 4.42 Å². The number of phenols is 1. The summed E-state index contributed by atoms with van der Waals surface area (Å²) in [4.78, 5) is 66.2. The fraction of sp³-hybridized carbons (Fsp3) is 0.360. The van der Waals surface area contributed by atoms with E-state index in [1.54, 1.807) is 26.0 Å². The molecule has 3 fully saturated rings. The van der Waals surface area contributed by atoms with Crippen molar-refractivity contribution in [2.24, 2.45) is 5.10 Å². The molecule has 3 aliphatic heterocycles. The van der Waals surface area contributed by atoms with Crippen LogP contribution in [0.25, 0.3) is 0 Å². The van der Waals surface area contributed by atoms with E-state index < -0.39 is 58.1 Å². The van der Waals surface area contributed by atoms with Gasteiger partial charge in [-0.25, -0.2) is 24.3 Å². The van der Waals surface area contributed by atoms with Crippen LogP contribution in [0.3, 0.4) is 0 Å². The van der Waals surface area contributed by atoms with Crippen molar-refractivity contribution >= 4 is 47.8 Å². The van der Waals surface area contributed by atoms with Crippen LogP contribution in [0.2, 0.25) is 0 Å². The second kappa shape index (κ2) is 10.2. The molecule has 0 radical (unpaired) electrons. The van der Waals surface area contributed by atoms with E-state index in [2.05, 4.69) is 15.7 Å². The second-order valence-corrected chi connectivity index (χ2v) is 11.6. The lowest BCUT2D eigenvalue weighted by Crippen LogP contribution is -2.71. The molecule has 0 unspecified atom stereocenters. The third kappa shape index (κ3) is 4.83. The number of thioether (sulfide) groups is 1. The monoisotopic (exact) mass is 570 g/mol. The van der Waals surface area contributed by atoms with Crippen molar-refractivity contribution in [3.63, 3.8) is 0 Å². The number of fused-ring (bicyclic) bond motifs is 1. The molecule has 0 spiro atoms. The number of nitrogens with zero attached hydrogens (tertiary/aromatic N) is 4. The highest BCUT2D eigenvalue weighted by atomic mass is 32.2. The fourth-order valence-corrected chi connectivity index (χ4v) is 6.49. The van der Waals surface area contributed by atoms with Gasteiger partial charge in [0.05, 0.1) is 25.6 Å². The second-order valence-electron chi connectivity index (χ2n) is 9.88. The molecule has 3 saturated heterocycles. The molecule has 6 amide bonds. The Hall–Kier alpha value is -4.53. The third-order valence-corrected chi connectivity index (χ3v) is 8.40. The highest BCUT2D eigenvalue weighted by Gasteiger charge is 2.64. The number of carbonyl (C=O) groups excluding carboxylic acids is 4. The summed E-state index contributed by atoms with van der Waals surface area (Å²) in [6, 6.07) is 3.86. The van der Waals surface area contributed by atoms with Gasteiger partial charge in [-0.15, -0.1) is 11.8 Å². The minimum absolute atomic E-state index is 0.00449. The van der Waals surface area contributed by atoms with Gasteiger partial charge in [-0.05, 0) is 43.7 Å². The predicted octanol–water partition coefficient (Wildman–Crippen LogP) is 1.14. The van der Waals surface area contributed by atoms with Crippen LogP contribution in [-0.4, -0.2) is 96.4 Å². The molecule has 0 saturated carbocycles. The molecule has 0 aliphatic carbocycles. The quantitative estimate of drug-likeness (QED) is 0.280. The molecule has 210 valence electrons. The zero-order valence-electron chi connectivity index (χ0n) is 21.4. The Bertz CT molecular complexity index is 1380. The molecule has 0 bridgehead atoms. The van der Waals surface area contributed by atoms with Crippen molar-refractivity contribution in [1.29, 1.82) is 0 Å². The van der Waals surface area contributed by atoms with Crippen LogP contribution in [0.15, 0.2) is 52.2 Å². The first-order chi connectivity index (χ1) is 19.0. The molecule has 4 N–H and O–H groups in total. The van der Waals surface area contributed by atoms with Crippen molar-refractivity contribution < 1.29 is 38.6 Å². The Morgan fingerprint density at radius 1 is 1.18 bits per heavy atom. The Morgan fingerprint density at radius 2 is 1.90 bits per heavy atom. The standard InChI is InChI=1S/C25H26N6O8S/c1-25(2)18(22(35)36)31-20(34)17(21(31)40-25)27-19(33)16(13-5-7-14(32)8-6-13)28-23(37)29-9-10-30(24(29)38)26-12-15-4-3-11-39-15/h3-8,11-12,16-18,21,32H,9-10H2,1-2H3,(H,27,33)(H,28,37)(H,35,36)/t16-,17-,18+,21-/m1/s1. The number of rotatable bonds is 7. The Morgan fingerprint density at radius 3 is 2.55 bits per heavy atom. The summed E-state index contributed by atoms with van der Waals surface area (Å²) in [5, 5.41) is 29.0. The van der Waals surface area contributed by atoms with Crippen molar-refractivity contribution in [3.05, 3.63) is 54.0 Å². The molecule has 4 heterocycles. The van der Waals surface area contributed by atoms with Crippen LogP contribution < -0.4 is 10.6 Å². The lowest BCUT2D eigenvalue weighted by molar-refractivity contribution is -0.161. The third-order valence-electron chi connectivity index (χ3n) is 6.83. The number of benzene rings is 1. The number of β-lactam (4-membered cyclic amide) rings is 1. The molecular formula is C25H26N6O8S. The van der Waals surface area contributed by atoms with E-state index in [1.807, 2.05) is 0 Å². The van der Waals surface area contributed by atoms with Crippen LogP contribution in [0.1, 0.15) is 31.2 Å². The van der Waals surface area contributed by atoms with Gasteiger partial charge in [0.2, 0.25) is 11.8 Å². The van der Waals surface area contributed by atoms with Crippen LogP contribution in [0.4, 0.5) is 9.59 Å². The number of carboxylic acid groups (broad SMARTS) is 1. The molecule has 4 atom stereocenters. The van der Waals surface area contributed by atoms with Gasteiger partial charge < -0.3 is 30.2 Å². The highest BCUT2D eigenvalue weighted by molar-refractivity contribution is 8.01. The van der Waals surface area contributed by atoms with Crippen molar-refractivity contribution in [3.8, 4) is 5.75 Å². The molecule has 2 aromatic rings. The average molecular weight is 571 g/mol. The smallest absolute Gasteiger partial charge is 0.348 e. The van der Waals surface area contributed by atoms with Crippen molar-refractivity contribution in [2.45, 2.75) is 42.1 Å². The summed E-state index contributed by atoms with van der Waals surface area (Å²) in [7, 11) is 0. The number of imide groups is 1. The van der Waals surface area contributed by atoms with Crippen LogP contribution in [0.5, 0.6) is 5.75 Å². The predicted molar refractivity (Wildman–Crippen MR) is 140 cm³/mol. The van der Waals surface area contributed by atoms with E-state index in [0.29, 0.717) is 5.76 Å². The number of hydrogen-bond acceptors (Lipinski definition) is 9. The molecule has 1 aromatic carbocycles. The normalized spacial score (nSPS) is 24.1. The van der Waals surface area contributed by atoms with Gasteiger partial charge in [0.1, 0.15) is 35.0 Å².